The Balaban J connectivity index is 1.55. The first-order valence-electron chi connectivity index (χ1n) is 9.24. The Kier molecular flexibility index (Phi) is 6.07. The molecule has 2 N–H and O–H groups in total. The molecule has 0 aliphatic carbocycles. The molecule has 0 unspecified atom stereocenters. The van der Waals surface area contributed by atoms with Gasteiger partial charge in [0.15, 0.2) is 0 Å². The molecule has 2 aromatic carbocycles. The zero-order valence-corrected chi connectivity index (χ0v) is 17.0. The maximum atomic E-state index is 6.04. The highest BCUT2D eigenvalue weighted by Crippen LogP contribution is 2.22. The lowest BCUT2D eigenvalue weighted by atomic mass is 10.2. The van der Waals surface area contributed by atoms with Gasteiger partial charge in [-0.25, -0.2) is 5.43 Å². The van der Waals surface area contributed by atoms with Gasteiger partial charge in [0.2, 0.25) is 17.8 Å². The number of hydrogen-bond donors (Lipinski definition) is 2. The summed E-state index contributed by atoms with van der Waals surface area (Å²) in [5, 5.41) is 8.41. The van der Waals surface area contributed by atoms with Gasteiger partial charge in [-0.1, -0.05) is 47.5 Å². The Morgan fingerprint density at radius 3 is 2.41 bits per heavy atom. The molecule has 0 bridgehead atoms. The van der Waals surface area contributed by atoms with Crippen LogP contribution in [0.3, 0.4) is 0 Å². The fourth-order valence-corrected chi connectivity index (χ4v) is 3.24. The van der Waals surface area contributed by atoms with Crippen LogP contribution >= 0.6 is 23.2 Å². The highest BCUT2D eigenvalue weighted by molar-refractivity contribution is 6.42. The molecular weight excluding hydrogens is 409 g/mol. The van der Waals surface area contributed by atoms with Gasteiger partial charge in [-0.3, -0.25) is 0 Å². The smallest absolute Gasteiger partial charge is 0.250 e. The quantitative estimate of drug-likeness (QED) is 0.427. The Morgan fingerprint density at radius 1 is 0.897 bits per heavy atom. The predicted molar refractivity (Wildman–Crippen MR) is 119 cm³/mol. The molecule has 1 saturated heterocycles. The zero-order chi connectivity index (χ0) is 20.1. The van der Waals surface area contributed by atoms with E-state index in [1.165, 1.54) is 0 Å². The number of halogens is 2. The number of rotatable bonds is 6. The van der Waals surface area contributed by atoms with Crippen molar-refractivity contribution in [1.82, 2.24) is 15.0 Å². The summed E-state index contributed by atoms with van der Waals surface area (Å²) in [6.07, 6.45) is 3.89. The van der Waals surface area contributed by atoms with E-state index in [0.717, 1.165) is 37.2 Å². The average molecular weight is 428 g/mol. The molecule has 1 aliphatic heterocycles. The molecule has 4 rings (SSSR count). The van der Waals surface area contributed by atoms with E-state index in [2.05, 4.69) is 35.7 Å². The monoisotopic (exact) mass is 427 g/mol. The first kappa shape index (κ1) is 19.4. The van der Waals surface area contributed by atoms with Gasteiger partial charge < -0.3 is 10.2 Å². The van der Waals surface area contributed by atoms with E-state index in [4.69, 9.17) is 23.2 Å². The number of nitrogens with one attached hydrogen (secondary N) is 2. The fourth-order valence-electron chi connectivity index (χ4n) is 2.94. The molecule has 1 fully saturated rings. The lowest BCUT2D eigenvalue weighted by molar-refractivity contribution is 0.883. The molecular formula is C20H19Cl2N7. The molecule has 0 spiro atoms. The Bertz CT molecular complexity index is 1000. The summed E-state index contributed by atoms with van der Waals surface area (Å²) in [5.41, 5.74) is 4.59. The van der Waals surface area contributed by atoms with E-state index in [-0.39, 0.29) is 0 Å². The molecule has 1 aliphatic rings. The second-order valence-electron chi connectivity index (χ2n) is 6.51. The normalized spacial score (nSPS) is 13.8. The van der Waals surface area contributed by atoms with Crippen LogP contribution in [-0.4, -0.2) is 34.3 Å². The van der Waals surface area contributed by atoms with Gasteiger partial charge in [-0.2, -0.15) is 20.1 Å². The van der Waals surface area contributed by atoms with Crippen molar-refractivity contribution in [1.29, 1.82) is 0 Å². The average Bonchev–Trinajstić information content (AvgIpc) is 3.26. The van der Waals surface area contributed by atoms with Crippen molar-refractivity contribution in [3.8, 4) is 0 Å². The van der Waals surface area contributed by atoms with Gasteiger partial charge in [0.05, 0.1) is 16.3 Å². The Labute approximate surface area is 178 Å². The van der Waals surface area contributed by atoms with Crippen molar-refractivity contribution in [2.24, 2.45) is 5.10 Å². The lowest BCUT2D eigenvalue weighted by Gasteiger charge is -2.16. The molecule has 7 nitrogen and oxygen atoms in total. The van der Waals surface area contributed by atoms with Crippen LogP contribution in [0, 0.1) is 0 Å². The summed E-state index contributed by atoms with van der Waals surface area (Å²) in [4.78, 5) is 15.7. The Morgan fingerprint density at radius 2 is 1.66 bits per heavy atom. The highest BCUT2D eigenvalue weighted by atomic mass is 35.5. The van der Waals surface area contributed by atoms with Crippen molar-refractivity contribution in [3.05, 3.63) is 64.1 Å². The van der Waals surface area contributed by atoms with E-state index in [9.17, 15) is 0 Å². The molecule has 3 aromatic rings. The number of benzene rings is 2. The summed E-state index contributed by atoms with van der Waals surface area (Å²) in [6, 6.07) is 15.0. The number of anilines is 4. The molecule has 148 valence electrons. The van der Waals surface area contributed by atoms with Crippen LogP contribution in [0.5, 0.6) is 0 Å². The molecule has 9 heteroatoms. The van der Waals surface area contributed by atoms with Crippen molar-refractivity contribution in [3.63, 3.8) is 0 Å². The third-order valence-electron chi connectivity index (χ3n) is 4.36. The van der Waals surface area contributed by atoms with Gasteiger partial charge in [0.1, 0.15) is 0 Å². The zero-order valence-electron chi connectivity index (χ0n) is 15.5. The first-order valence-corrected chi connectivity index (χ1v) is 10.0. The molecule has 2 heterocycles. The van der Waals surface area contributed by atoms with E-state index < -0.39 is 0 Å². The van der Waals surface area contributed by atoms with Crippen LogP contribution in [0.15, 0.2) is 53.6 Å². The van der Waals surface area contributed by atoms with Crippen LogP contribution < -0.4 is 15.6 Å². The van der Waals surface area contributed by atoms with Crippen molar-refractivity contribution < 1.29 is 0 Å². The lowest BCUT2D eigenvalue weighted by Crippen LogP contribution is -2.21. The summed E-state index contributed by atoms with van der Waals surface area (Å²) < 4.78 is 0. The van der Waals surface area contributed by atoms with Crippen LogP contribution in [0.1, 0.15) is 18.4 Å². The van der Waals surface area contributed by atoms with Crippen LogP contribution in [-0.2, 0) is 0 Å². The number of aromatic nitrogens is 3. The van der Waals surface area contributed by atoms with Crippen LogP contribution in [0.25, 0.3) is 0 Å². The Hall–Kier alpha value is -2.90. The maximum absolute atomic E-state index is 6.04. The minimum atomic E-state index is 0.358. The molecule has 29 heavy (non-hydrogen) atoms. The predicted octanol–water partition coefficient (Wildman–Crippen LogP) is 4.97. The standard InChI is InChI=1S/C20H19Cl2N7/c21-16-9-8-14(12-17(16)22)13-23-28-19-25-18(24-15-6-2-1-3-7-15)26-20(27-19)29-10-4-5-11-29/h1-3,6-9,12-13H,4-5,10-11H2,(H2,24,25,26,27,28)/b23-13+. The number of hydrazone groups is 1. The molecule has 1 aromatic heterocycles. The summed E-state index contributed by atoms with van der Waals surface area (Å²) in [5.74, 6) is 1.44. The van der Waals surface area contributed by atoms with Gasteiger partial charge >= 0.3 is 0 Å². The van der Waals surface area contributed by atoms with E-state index in [1.54, 1.807) is 18.3 Å². The molecule has 0 amide bonds. The van der Waals surface area contributed by atoms with Gasteiger partial charge in [0.25, 0.3) is 0 Å². The topological polar surface area (TPSA) is 78.3 Å². The van der Waals surface area contributed by atoms with Gasteiger partial charge in [-0.15, -0.1) is 0 Å². The van der Waals surface area contributed by atoms with Crippen molar-refractivity contribution in [2.45, 2.75) is 12.8 Å². The fraction of sp³-hybridized carbons (Fsp3) is 0.200. The molecule has 0 saturated carbocycles. The minimum Gasteiger partial charge on any atom is -0.341 e. The summed E-state index contributed by atoms with van der Waals surface area (Å²) in [6.45, 7) is 1.86. The van der Waals surface area contributed by atoms with Gasteiger partial charge in [0, 0.05) is 18.8 Å². The van der Waals surface area contributed by atoms with Gasteiger partial charge in [-0.05, 0) is 42.7 Å². The summed E-state index contributed by atoms with van der Waals surface area (Å²) >= 11 is 12.0. The van der Waals surface area contributed by atoms with Crippen molar-refractivity contribution in [2.75, 3.05) is 28.7 Å². The highest BCUT2D eigenvalue weighted by Gasteiger charge is 2.17. The van der Waals surface area contributed by atoms with E-state index in [1.807, 2.05) is 36.4 Å². The van der Waals surface area contributed by atoms with E-state index >= 15 is 0 Å². The van der Waals surface area contributed by atoms with E-state index in [0.29, 0.717) is 27.9 Å². The third kappa shape index (κ3) is 5.13. The maximum Gasteiger partial charge on any atom is 0.250 e. The largest absolute Gasteiger partial charge is 0.341 e. The minimum absolute atomic E-state index is 0.358. The number of para-hydroxylation sites is 1. The molecule has 0 radical (unpaired) electrons. The first-order chi connectivity index (χ1) is 14.2. The molecule has 0 atom stereocenters. The number of nitrogens with zero attached hydrogens (tertiary/aromatic N) is 5. The van der Waals surface area contributed by atoms with Crippen LogP contribution in [0.2, 0.25) is 10.0 Å². The van der Waals surface area contributed by atoms with Crippen LogP contribution in [0.4, 0.5) is 23.5 Å². The van der Waals surface area contributed by atoms with Crippen molar-refractivity contribution >= 4 is 52.9 Å². The number of hydrogen-bond acceptors (Lipinski definition) is 7. The second-order valence-corrected chi connectivity index (χ2v) is 7.33. The summed E-state index contributed by atoms with van der Waals surface area (Å²) in [7, 11) is 0. The SMILES string of the molecule is Clc1ccc(/C=N/Nc2nc(Nc3ccccc3)nc(N3CCCC3)n2)cc1Cl. The second kappa shape index (κ2) is 9.07. The third-order valence-corrected chi connectivity index (χ3v) is 5.10.